The van der Waals surface area contributed by atoms with Gasteiger partial charge < -0.3 is 48.7 Å². The number of aliphatic imine (C=N–C) groups is 1. The van der Waals surface area contributed by atoms with E-state index >= 15 is 0 Å². The van der Waals surface area contributed by atoms with Gasteiger partial charge in [0.05, 0.1) is 19.0 Å². The summed E-state index contributed by atoms with van der Waals surface area (Å²) in [6, 6.07) is -5.70. The Morgan fingerprint density at radius 2 is 1.43 bits per heavy atom. The van der Waals surface area contributed by atoms with Crippen molar-refractivity contribution in [3.05, 3.63) is 0 Å². The summed E-state index contributed by atoms with van der Waals surface area (Å²) >= 11 is 0. The van der Waals surface area contributed by atoms with Gasteiger partial charge in [-0.2, -0.15) is 0 Å². The fraction of sp³-hybridized carbons (Fsp3) is 0.609. The van der Waals surface area contributed by atoms with Crippen molar-refractivity contribution in [2.45, 2.75) is 70.1 Å². The highest BCUT2D eigenvalue weighted by Crippen LogP contribution is 2.04. The molecule has 0 heterocycles. The van der Waals surface area contributed by atoms with E-state index in [1.165, 1.54) is 0 Å². The number of nitrogens with one attached hydrogen (secondary N) is 5. The third-order valence-corrected chi connectivity index (χ3v) is 5.55. The molecule has 0 aliphatic heterocycles. The fourth-order valence-electron chi connectivity index (χ4n) is 3.19. The maximum absolute atomic E-state index is 13.0. The molecule has 0 aromatic rings. The van der Waals surface area contributed by atoms with Crippen LogP contribution in [0.15, 0.2) is 4.99 Å². The molecule has 0 unspecified atom stereocenters. The van der Waals surface area contributed by atoms with Gasteiger partial charge in [0.25, 0.3) is 0 Å². The molecule has 6 amide bonds. The van der Waals surface area contributed by atoms with Crippen molar-refractivity contribution in [3.63, 3.8) is 0 Å². The predicted octanol–water partition coefficient (Wildman–Crippen LogP) is -4.79. The molecule has 0 spiro atoms. The Kier molecular flexibility index (Phi) is 17.1. The van der Waals surface area contributed by atoms with Crippen molar-refractivity contribution in [3.8, 4) is 0 Å². The van der Waals surface area contributed by atoms with Crippen molar-refractivity contribution in [1.29, 1.82) is 0 Å². The lowest BCUT2D eigenvalue weighted by atomic mass is 10.1. The van der Waals surface area contributed by atoms with Gasteiger partial charge in [0.1, 0.15) is 18.1 Å². The van der Waals surface area contributed by atoms with Gasteiger partial charge in [0.15, 0.2) is 5.96 Å². The Labute approximate surface area is 240 Å². The Morgan fingerprint density at radius 3 is 1.95 bits per heavy atom. The quantitative estimate of drug-likeness (QED) is 0.0271. The first-order chi connectivity index (χ1) is 19.6. The molecule has 0 aliphatic rings. The minimum atomic E-state index is -1.75. The topological polar surface area (TPSA) is 328 Å². The molecule has 0 aromatic heterocycles. The molecule has 236 valence electrons. The van der Waals surface area contributed by atoms with E-state index in [1.54, 1.807) is 19.2 Å². The van der Waals surface area contributed by atoms with Gasteiger partial charge in [-0.05, 0) is 25.2 Å². The zero-order valence-electron chi connectivity index (χ0n) is 23.3. The Balaban J connectivity index is 5.71. The van der Waals surface area contributed by atoms with Crippen LogP contribution in [0.3, 0.4) is 0 Å². The van der Waals surface area contributed by atoms with E-state index in [0.29, 0.717) is 0 Å². The molecule has 19 nitrogen and oxygen atoms in total. The Bertz CT molecular complexity index is 1030. The van der Waals surface area contributed by atoms with Gasteiger partial charge in [0.2, 0.25) is 35.9 Å². The fourth-order valence-corrected chi connectivity index (χ4v) is 3.19. The molecule has 0 saturated heterocycles. The van der Waals surface area contributed by atoms with Crippen LogP contribution in [-0.2, 0) is 38.4 Å². The summed E-state index contributed by atoms with van der Waals surface area (Å²) < 4.78 is 0. The number of guanidine groups is 1. The number of carboxylic acids is 2. The minimum Gasteiger partial charge on any atom is -0.481 e. The van der Waals surface area contributed by atoms with E-state index in [-0.39, 0.29) is 37.7 Å². The first-order valence-corrected chi connectivity index (χ1v) is 12.7. The normalized spacial score (nSPS) is 13.3. The van der Waals surface area contributed by atoms with E-state index in [9.17, 15) is 43.5 Å². The summed E-state index contributed by atoms with van der Waals surface area (Å²) in [5.74, 6) is -8.00. The molecular formula is C23H39N9O10. The monoisotopic (exact) mass is 601 g/mol. The van der Waals surface area contributed by atoms with Crippen LogP contribution in [-0.4, -0.2) is 101 Å². The van der Waals surface area contributed by atoms with Gasteiger partial charge in [-0.25, -0.2) is 4.79 Å². The lowest BCUT2D eigenvalue weighted by molar-refractivity contribution is -0.142. The molecule has 13 N–H and O–H groups in total. The molecule has 0 saturated carbocycles. The molecule has 0 aromatic carbocycles. The van der Waals surface area contributed by atoms with Crippen molar-refractivity contribution in [2.24, 2.45) is 28.1 Å². The molecule has 0 radical (unpaired) electrons. The van der Waals surface area contributed by atoms with Crippen LogP contribution in [0.25, 0.3) is 0 Å². The number of hydrogen-bond donors (Lipinski definition) is 10. The van der Waals surface area contributed by atoms with E-state index < -0.39 is 91.4 Å². The second-order valence-corrected chi connectivity index (χ2v) is 9.34. The van der Waals surface area contributed by atoms with Crippen LogP contribution in [0.4, 0.5) is 0 Å². The summed E-state index contributed by atoms with van der Waals surface area (Å²) in [5, 5.41) is 29.1. The van der Waals surface area contributed by atoms with Gasteiger partial charge in [0, 0.05) is 13.0 Å². The summed E-state index contributed by atoms with van der Waals surface area (Å²) in [6.45, 7) is 2.81. The van der Waals surface area contributed by atoms with Gasteiger partial charge >= 0.3 is 11.9 Å². The lowest BCUT2D eigenvalue weighted by Gasteiger charge is -2.24. The SMILES string of the molecule is CC(C)[C@H](N)C(=O)NCC(=O)N[C@@H](CCC(=O)O)C(=O)N[C@@H](CC(=O)NC=O)C(=O)N[C@@H](CCCN=C(N)N)C(=O)O. The molecule has 0 rings (SSSR count). The van der Waals surface area contributed by atoms with Crippen molar-refractivity contribution < 1.29 is 48.6 Å². The average Bonchev–Trinajstić information content (AvgIpc) is 2.89. The van der Waals surface area contributed by atoms with Gasteiger partial charge in [-0.15, -0.1) is 0 Å². The summed E-state index contributed by atoms with van der Waals surface area (Å²) in [5.41, 5.74) is 16.1. The third-order valence-electron chi connectivity index (χ3n) is 5.55. The number of rotatable bonds is 20. The molecule has 0 aliphatic carbocycles. The highest BCUT2D eigenvalue weighted by Gasteiger charge is 2.31. The van der Waals surface area contributed by atoms with Gasteiger partial charge in [-0.3, -0.25) is 43.9 Å². The summed E-state index contributed by atoms with van der Waals surface area (Å²) in [7, 11) is 0. The molecular weight excluding hydrogens is 562 g/mol. The van der Waals surface area contributed by atoms with E-state index in [1.807, 2.05) is 0 Å². The molecule has 42 heavy (non-hydrogen) atoms. The number of carboxylic acid groups (broad SMARTS) is 2. The Morgan fingerprint density at radius 1 is 0.833 bits per heavy atom. The van der Waals surface area contributed by atoms with Crippen LogP contribution in [0.5, 0.6) is 0 Å². The molecule has 4 atom stereocenters. The van der Waals surface area contributed by atoms with E-state index in [4.69, 9.17) is 22.3 Å². The van der Waals surface area contributed by atoms with Crippen molar-refractivity contribution in [2.75, 3.05) is 13.1 Å². The van der Waals surface area contributed by atoms with E-state index in [2.05, 4.69) is 26.3 Å². The first kappa shape index (κ1) is 37.2. The molecule has 0 bridgehead atoms. The standard InChI is InChI=1S/C23H39N9O10/c1-11(2)18(24)21(40)28-9-16(35)30-12(5-6-17(36)37)19(38)32-14(8-15(34)29-10-33)20(39)31-13(22(41)42)4-3-7-27-23(25)26/h10-14,18H,3-9,24H2,1-2H3,(H,28,40)(H,30,35)(H,31,39)(H,32,38)(H,36,37)(H,41,42)(H4,25,26,27)(H,29,33,34)/t12-,13-,14-,18-/m0/s1. The predicted molar refractivity (Wildman–Crippen MR) is 145 cm³/mol. The number of nitrogens with two attached hydrogens (primary N) is 3. The maximum Gasteiger partial charge on any atom is 0.326 e. The van der Waals surface area contributed by atoms with Crippen LogP contribution >= 0.6 is 0 Å². The highest BCUT2D eigenvalue weighted by atomic mass is 16.4. The average molecular weight is 602 g/mol. The van der Waals surface area contributed by atoms with Gasteiger partial charge in [-0.1, -0.05) is 13.8 Å². The number of hydrogen-bond acceptors (Lipinski definition) is 10. The second-order valence-electron chi connectivity index (χ2n) is 9.34. The Hall–Kier alpha value is -4.81. The second kappa shape index (κ2) is 19.3. The zero-order chi connectivity index (χ0) is 32.4. The third kappa shape index (κ3) is 15.7. The van der Waals surface area contributed by atoms with Crippen molar-refractivity contribution in [1.82, 2.24) is 26.6 Å². The number of carbonyl (C=O) groups is 8. The maximum atomic E-state index is 13.0. The number of carbonyl (C=O) groups excluding carboxylic acids is 6. The largest absolute Gasteiger partial charge is 0.481 e. The lowest BCUT2D eigenvalue weighted by Crippen LogP contribution is -2.57. The van der Waals surface area contributed by atoms with Crippen LogP contribution < -0.4 is 43.8 Å². The van der Waals surface area contributed by atoms with E-state index in [0.717, 1.165) is 0 Å². The zero-order valence-corrected chi connectivity index (χ0v) is 23.3. The number of nitrogens with zero attached hydrogens (tertiary/aromatic N) is 1. The summed E-state index contributed by atoms with van der Waals surface area (Å²) in [6.07, 6.45) is -1.84. The summed E-state index contributed by atoms with van der Waals surface area (Å²) in [4.78, 5) is 99.5. The van der Waals surface area contributed by atoms with Crippen LogP contribution in [0, 0.1) is 5.92 Å². The number of aliphatic carboxylic acids is 2. The molecule has 0 fully saturated rings. The number of amides is 6. The van der Waals surface area contributed by atoms with Crippen LogP contribution in [0.2, 0.25) is 0 Å². The molecule has 19 heteroatoms. The smallest absolute Gasteiger partial charge is 0.326 e. The van der Waals surface area contributed by atoms with Crippen LogP contribution in [0.1, 0.15) is 46.0 Å². The first-order valence-electron chi connectivity index (χ1n) is 12.7. The highest BCUT2D eigenvalue weighted by molar-refractivity contribution is 5.97. The number of imide groups is 1. The van der Waals surface area contributed by atoms with Crippen molar-refractivity contribution >= 4 is 53.8 Å². The minimum absolute atomic E-state index is 0.0260.